The minimum atomic E-state index is 0.0959. The van der Waals surface area contributed by atoms with Gasteiger partial charge in [0.05, 0.1) is 30.3 Å². The monoisotopic (exact) mass is 404 g/mol. The van der Waals surface area contributed by atoms with Crippen molar-refractivity contribution in [1.29, 1.82) is 0 Å². The van der Waals surface area contributed by atoms with Crippen molar-refractivity contribution < 1.29 is 9.15 Å². The number of thiophene rings is 1. The van der Waals surface area contributed by atoms with E-state index < -0.39 is 0 Å². The highest BCUT2D eigenvalue weighted by atomic mass is 79.9. The summed E-state index contributed by atoms with van der Waals surface area (Å²) < 4.78 is 12.9. The molecule has 1 unspecified atom stereocenters. The molecular weight excluding hydrogens is 388 g/mol. The molecule has 1 atom stereocenters. The Kier molecular flexibility index (Phi) is 4.80. The Morgan fingerprint density at radius 1 is 1.25 bits per heavy atom. The van der Waals surface area contributed by atoms with Gasteiger partial charge in [0.25, 0.3) is 0 Å². The van der Waals surface area contributed by atoms with E-state index in [9.17, 15) is 0 Å². The molecule has 0 saturated carbocycles. The molecule has 0 aliphatic carbocycles. The van der Waals surface area contributed by atoms with Gasteiger partial charge in [-0.2, -0.15) is 0 Å². The van der Waals surface area contributed by atoms with Gasteiger partial charge >= 0.3 is 0 Å². The summed E-state index contributed by atoms with van der Waals surface area (Å²) >= 11 is 5.14. The number of ether oxygens (including phenoxy) is 1. The van der Waals surface area contributed by atoms with E-state index in [4.69, 9.17) is 9.15 Å². The average molecular weight is 405 g/mol. The molecule has 4 nitrogen and oxygen atoms in total. The predicted octanol–water partition coefficient (Wildman–Crippen LogP) is 4.74. The van der Waals surface area contributed by atoms with Crippen molar-refractivity contribution in [3.63, 3.8) is 0 Å². The Hall–Kier alpha value is -1.47. The van der Waals surface area contributed by atoms with E-state index in [1.165, 1.54) is 5.56 Å². The Morgan fingerprint density at radius 3 is 2.92 bits per heavy atom. The number of hydrogen-bond acceptors (Lipinski definition) is 5. The van der Waals surface area contributed by atoms with E-state index in [2.05, 4.69) is 50.1 Å². The maximum atomic E-state index is 5.93. The molecule has 0 radical (unpaired) electrons. The summed E-state index contributed by atoms with van der Waals surface area (Å²) in [7, 11) is 0. The van der Waals surface area contributed by atoms with E-state index in [0.29, 0.717) is 6.54 Å². The van der Waals surface area contributed by atoms with Crippen LogP contribution in [-0.4, -0.2) is 29.6 Å². The van der Waals surface area contributed by atoms with Crippen molar-refractivity contribution >= 4 is 27.3 Å². The van der Waals surface area contributed by atoms with Crippen molar-refractivity contribution in [2.24, 2.45) is 0 Å². The molecule has 1 fully saturated rings. The van der Waals surface area contributed by atoms with Gasteiger partial charge in [-0.15, -0.1) is 11.3 Å². The number of aromatic nitrogens is 1. The molecule has 1 aliphatic rings. The molecule has 1 aliphatic heterocycles. The summed E-state index contributed by atoms with van der Waals surface area (Å²) in [6, 6.07) is 12.4. The van der Waals surface area contributed by atoms with Gasteiger partial charge in [-0.1, -0.05) is 34.1 Å². The van der Waals surface area contributed by atoms with E-state index >= 15 is 0 Å². The van der Waals surface area contributed by atoms with Crippen molar-refractivity contribution in [1.82, 2.24) is 9.88 Å². The highest BCUT2D eigenvalue weighted by molar-refractivity contribution is 9.10. The van der Waals surface area contributed by atoms with Gasteiger partial charge in [0.1, 0.15) is 0 Å². The van der Waals surface area contributed by atoms with E-state index in [-0.39, 0.29) is 6.10 Å². The number of hydrogen-bond donors (Lipinski definition) is 0. The fourth-order valence-electron chi connectivity index (χ4n) is 2.83. The lowest BCUT2D eigenvalue weighted by Gasteiger charge is -2.32. The first-order chi connectivity index (χ1) is 11.8. The van der Waals surface area contributed by atoms with E-state index in [1.807, 2.05) is 23.7 Å². The number of oxazole rings is 1. The van der Waals surface area contributed by atoms with Crippen LogP contribution in [0.2, 0.25) is 0 Å². The first kappa shape index (κ1) is 16.0. The van der Waals surface area contributed by atoms with Gasteiger partial charge in [-0.25, -0.2) is 4.98 Å². The van der Waals surface area contributed by atoms with Crippen molar-refractivity contribution in [2.45, 2.75) is 12.6 Å². The zero-order chi connectivity index (χ0) is 16.4. The third kappa shape index (κ3) is 3.62. The van der Waals surface area contributed by atoms with Crippen LogP contribution in [0.5, 0.6) is 0 Å². The van der Waals surface area contributed by atoms with Crippen LogP contribution in [0.15, 0.2) is 56.9 Å². The Labute approximate surface area is 153 Å². The molecule has 0 bridgehead atoms. The molecule has 6 heteroatoms. The van der Waals surface area contributed by atoms with Crippen LogP contribution in [0.4, 0.5) is 0 Å². The minimum absolute atomic E-state index is 0.0959. The molecule has 1 saturated heterocycles. The van der Waals surface area contributed by atoms with E-state index in [0.717, 1.165) is 40.7 Å². The van der Waals surface area contributed by atoms with Crippen LogP contribution < -0.4 is 0 Å². The van der Waals surface area contributed by atoms with Gasteiger partial charge in [-0.05, 0) is 29.1 Å². The topological polar surface area (TPSA) is 38.5 Å². The highest BCUT2D eigenvalue weighted by Crippen LogP contribution is 2.27. The zero-order valence-corrected chi connectivity index (χ0v) is 15.4. The standard InChI is InChI=1S/C18H17BrN2O2S/c19-14-5-3-13(4-6-14)16-11-21(7-8-22-16)12-18-20-10-15(23-18)17-2-1-9-24-17/h1-6,9-10,16H,7-8,11-12H2. The summed E-state index contributed by atoms with van der Waals surface area (Å²) in [6.45, 7) is 3.17. The SMILES string of the molecule is Brc1ccc(C2CN(Cc3ncc(-c4cccs4)o3)CCO2)cc1. The zero-order valence-electron chi connectivity index (χ0n) is 13.0. The van der Waals surface area contributed by atoms with Crippen molar-refractivity contribution in [3.8, 4) is 10.6 Å². The number of morpholine rings is 1. The van der Waals surface area contributed by atoms with Crippen LogP contribution in [0, 0.1) is 0 Å². The fourth-order valence-corrected chi connectivity index (χ4v) is 3.77. The molecule has 1 aromatic carbocycles. The van der Waals surface area contributed by atoms with Crippen LogP contribution in [0.3, 0.4) is 0 Å². The first-order valence-corrected chi connectivity index (χ1v) is 9.53. The van der Waals surface area contributed by atoms with Crippen molar-refractivity contribution in [2.75, 3.05) is 19.7 Å². The summed E-state index contributed by atoms with van der Waals surface area (Å²) in [6.07, 6.45) is 1.91. The smallest absolute Gasteiger partial charge is 0.209 e. The molecule has 24 heavy (non-hydrogen) atoms. The maximum Gasteiger partial charge on any atom is 0.209 e. The molecular formula is C18H17BrN2O2S. The fraction of sp³-hybridized carbons (Fsp3) is 0.278. The average Bonchev–Trinajstić information content (AvgIpc) is 3.27. The quantitative estimate of drug-likeness (QED) is 0.629. The van der Waals surface area contributed by atoms with Crippen LogP contribution in [0.1, 0.15) is 17.6 Å². The third-order valence-corrected chi connectivity index (χ3v) is 5.48. The molecule has 0 N–H and O–H groups in total. The Morgan fingerprint density at radius 2 is 2.12 bits per heavy atom. The minimum Gasteiger partial charge on any atom is -0.438 e. The molecule has 4 rings (SSSR count). The second kappa shape index (κ2) is 7.19. The first-order valence-electron chi connectivity index (χ1n) is 7.86. The second-order valence-electron chi connectivity index (χ2n) is 5.74. The van der Waals surface area contributed by atoms with Crippen LogP contribution >= 0.6 is 27.3 Å². The number of halogens is 1. The predicted molar refractivity (Wildman–Crippen MR) is 97.9 cm³/mol. The Bertz CT molecular complexity index is 786. The van der Waals surface area contributed by atoms with Gasteiger partial charge in [0.2, 0.25) is 5.89 Å². The molecule has 2 aromatic heterocycles. The molecule has 3 heterocycles. The lowest BCUT2D eigenvalue weighted by molar-refractivity contribution is -0.0351. The lowest BCUT2D eigenvalue weighted by atomic mass is 10.1. The highest BCUT2D eigenvalue weighted by Gasteiger charge is 2.23. The third-order valence-electron chi connectivity index (χ3n) is 4.07. The number of rotatable bonds is 4. The molecule has 3 aromatic rings. The van der Waals surface area contributed by atoms with Gasteiger partial charge in [-0.3, -0.25) is 4.90 Å². The summed E-state index contributed by atoms with van der Waals surface area (Å²) in [5.74, 6) is 1.60. The Balaban J connectivity index is 1.42. The molecule has 124 valence electrons. The van der Waals surface area contributed by atoms with E-state index in [1.54, 1.807) is 11.3 Å². The second-order valence-corrected chi connectivity index (χ2v) is 7.61. The number of nitrogens with zero attached hydrogens (tertiary/aromatic N) is 2. The van der Waals surface area contributed by atoms with Gasteiger partial charge in [0, 0.05) is 17.6 Å². The summed E-state index contributed by atoms with van der Waals surface area (Å²) in [5, 5.41) is 2.04. The molecule has 0 spiro atoms. The number of benzene rings is 1. The summed E-state index contributed by atoms with van der Waals surface area (Å²) in [5.41, 5.74) is 1.20. The maximum absolute atomic E-state index is 5.93. The van der Waals surface area contributed by atoms with Crippen LogP contribution in [0.25, 0.3) is 10.6 Å². The van der Waals surface area contributed by atoms with Crippen molar-refractivity contribution in [3.05, 3.63) is 63.9 Å². The van der Waals surface area contributed by atoms with Crippen LogP contribution in [-0.2, 0) is 11.3 Å². The lowest BCUT2D eigenvalue weighted by Crippen LogP contribution is -2.37. The van der Waals surface area contributed by atoms with Gasteiger partial charge < -0.3 is 9.15 Å². The normalized spacial score (nSPS) is 18.8. The largest absolute Gasteiger partial charge is 0.438 e. The van der Waals surface area contributed by atoms with Gasteiger partial charge in [0.15, 0.2) is 5.76 Å². The summed E-state index contributed by atoms with van der Waals surface area (Å²) in [4.78, 5) is 7.87. The molecule has 0 amide bonds.